The number of anilines is 1. The van der Waals surface area contributed by atoms with Crippen LogP contribution in [0.2, 0.25) is 0 Å². The number of aromatic nitrogens is 2. The van der Waals surface area contributed by atoms with E-state index in [1.165, 1.54) is 0 Å². The first-order valence-corrected chi connectivity index (χ1v) is 9.60. The number of esters is 1. The maximum Gasteiger partial charge on any atom is 0.338 e. The van der Waals surface area contributed by atoms with Gasteiger partial charge in [0.2, 0.25) is 0 Å². The van der Waals surface area contributed by atoms with Crippen LogP contribution in [0.5, 0.6) is 5.75 Å². The third kappa shape index (κ3) is 5.44. The number of rotatable bonds is 8. The monoisotopic (exact) mass is 409 g/mol. The largest absolute Gasteiger partial charge is 0.484 e. The lowest BCUT2D eigenvalue weighted by atomic mass is 10.2. The SMILES string of the molecule is CCOC(=O)c1ccc(NC(=O)COc2cccc(-c3nc(C(C)C)no3)c2)cc1. The van der Waals surface area contributed by atoms with Gasteiger partial charge in [-0.25, -0.2) is 4.79 Å². The van der Waals surface area contributed by atoms with E-state index in [1.54, 1.807) is 49.4 Å². The minimum absolute atomic E-state index is 0.164. The number of nitrogens with zero attached hydrogens (tertiary/aromatic N) is 2. The smallest absolute Gasteiger partial charge is 0.338 e. The van der Waals surface area contributed by atoms with Crippen molar-refractivity contribution in [3.63, 3.8) is 0 Å². The molecular weight excluding hydrogens is 386 g/mol. The van der Waals surface area contributed by atoms with Gasteiger partial charge in [0.1, 0.15) is 5.75 Å². The van der Waals surface area contributed by atoms with Gasteiger partial charge in [-0.2, -0.15) is 4.98 Å². The van der Waals surface area contributed by atoms with E-state index in [9.17, 15) is 9.59 Å². The molecule has 0 aliphatic heterocycles. The van der Waals surface area contributed by atoms with Gasteiger partial charge in [0.15, 0.2) is 12.4 Å². The molecular formula is C22H23N3O5. The summed E-state index contributed by atoms with van der Waals surface area (Å²) in [6.45, 7) is 5.84. The number of benzene rings is 2. The van der Waals surface area contributed by atoms with Crippen molar-refractivity contribution in [3.8, 4) is 17.2 Å². The molecule has 156 valence electrons. The van der Waals surface area contributed by atoms with E-state index in [-0.39, 0.29) is 18.4 Å². The molecule has 0 atom stereocenters. The van der Waals surface area contributed by atoms with Gasteiger partial charge in [-0.1, -0.05) is 25.1 Å². The number of hydrogen-bond donors (Lipinski definition) is 1. The summed E-state index contributed by atoms with van der Waals surface area (Å²) in [6, 6.07) is 13.5. The first-order chi connectivity index (χ1) is 14.5. The summed E-state index contributed by atoms with van der Waals surface area (Å²) in [5, 5.41) is 6.67. The predicted octanol–water partition coefficient (Wildman–Crippen LogP) is 4.05. The van der Waals surface area contributed by atoms with Crippen LogP contribution in [-0.4, -0.2) is 35.2 Å². The Morgan fingerprint density at radius 2 is 1.90 bits per heavy atom. The number of nitrogens with one attached hydrogen (secondary N) is 1. The second-order valence-corrected chi connectivity index (χ2v) is 6.77. The van der Waals surface area contributed by atoms with Crippen LogP contribution in [-0.2, 0) is 9.53 Å². The third-order valence-corrected chi connectivity index (χ3v) is 4.09. The normalized spacial score (nSPS) is 10.7. The molecule has 1 N–H and O–H groups in total. The van der Waals surface area contributed by atoms with Gasteiger partial charge in [-0.3, -0.25) is 4.79 Å². The number of carbonyl (C=O) groups excluding carboxylic acids is 2. The molecule has 3 rings (SSSR count). The van der Waals surface area contributed by atoms with Crippen LogP contribution in [0.25, 0.3) is 11.5 Å². The van der Waals surface area contributed by atoms with Crippen molar-refractivity contribution in [1.82, 2.24) is 10.1 Å². The second-order valence-electron chi connectivity index (χ2n) is 6.77. The summed E-state index contributed by atoms with van der Waals surface area (Å²) < 4.78 is 15.8. The van der Waals surface area contributed by atoms with E-state index in [4.69, 9.17) is 14.0 Å². The average molecular weight is 409 g/mol. The maximum atomic E-state index is 12.2. The number of amides is 1. The summed E-state index contributed by atoms with van der Waals surface area (Å²) in [6.07, 6.45) is 0. The van der Waals surface area contributed by atoms with Crippen molar-refractivity contribution in [1.29, 1.82) is 0 Å². The second kappa shape index (κ2) is 9.69. The molecule has 0 bridgehead atoms. The molecule has 0 aliphatic carbocycles. The molecule has 3 aromatic rings. The van der Waals surface area contributed by atoms with Crippen molar-refractivity contribution in [3.05, 3.63) is 59.9 Å². The van der Waals surface area contributed by atoms with Crippen molar-refractivity contribution < 1.29 is 23.6 Å². The maximum absolute atomic E-state index is 12.2. The topological polar surface area (TPSA) is 104 Å². The van der Waals surface area contributed by atoms with Crippen LogP contribution in [0.15, 0.2) is 53.1 Å². The summed E-state index contributed by atoms with van der Waals surface area (Å²) in [4.78, 5) is 28.2. The Kier molecular flexibility index (Phi) is 6.79. The fraction of sp³-hybridized carbons (Fsp3) is 0.273. The van der Waals surface area contributed by atoms with Crippen LogP contribution in [0.1, 0.15) is 42.9 Å². The first kappa shape index (κ1) is 21.0. The molecule has 30 heavy (non-hydrogen) atoms. The molecule has 8 nitrogen and oxygen atoms in total. The third-order valence-electron chi connectivity index (χ3n) is 4.09. The highest BCUT2D eigenvalue weighted by molar-refractivity contribution is 5.93. The molecule has 0 radical (unpaired) electrons. The lowest BCUT2D eigenvalue weighted by Gasteiger charge is -2.09. The molecule has 0 unspecified atom stereocenters. The molecule has 0 saturated carbocycles. The van der Waals surface area contributed by atoms with Gasteiger partial charge in [0.25, 0.3) is 11.8 Å². The van der Waals surface area contributed by atoms with E-state index < -0.39 is 5.97 Å². The first-order valence-electron chi connectivity index (χ1n) is 9.60. The number of hydrogen-bond acceptors (Lipinski definition) is 7. The van der Waals surface area contributed by atoms with Gasteiger partial charge in [0, 0.05) is 17.2 Å². The van der Waals surface area contributed by atoms with Crippen LogP contribution < -0.4 is 10.1 Å². The molecule has 0 saturated heterocycles. The van der Waals surface area contributed by atoms with Crippen LogP contribution in [0, 0.1) is 0 Å². The van der Waals surface area contributed by atoms with Crippen LogP contribution in [0.4, 0.5) is 5.69 Å². The highest BCUT2D eigenvalue weighted by Crippen LogP contribution is 2.24. The van der Waals surface area contributed by atoms with Crippen molar-refractivity contribution in [2.24, 2.45) is 0 Å². The highest BCUT2D eigenvalue weighted by atomic mass is 16.5. The molecule has 1 amide bonds. The minimum Gasteiger partial charge on any atom is -0.484 e. The lowest BCUT2D eigenvalue weighted by molar-refractivity contribution is -0.118. The van der Waals surface area contributed by atoms with Crippen molar-refractivity contribution in [2.75, 3.05) is 18.5 Å². The summed E-state index contributed by atoms with van der Waals surface area (Å²) in [7, 11) is 0. The summed E-state index contributed by atoms with van der Waals surface area (Å²) >= 11 is 0. The molecule has 8 heteroatoms. The van der Waals surface area contributed by atoms with Crippen molar-refractivity contribution in [2.45, 2.75) is 26.7 Å². The Morgan fingerprint density at radius 1 is 1.13 bits per heavy atom. The van der Waals surface area contributed by atoms with Gasteiger partial charge < -0.3 is 19.3 Å². The van der Waals surface area contributed by atoms with Gasteiger partial charge in [0.05, 0.1) is 12.2 Å². The highest BCUT2D eigenvalue weighted by Gasteiger charge is 2.13. The van der Waals surface area contributed by atoms with E-state index >= 15 is 0 Å². The number of ether oxygens (including phenoxy) is 2. The molecule has 0 fully saturated rings. The van der Waals surface area contributed by atoms with Crippen molar-refractivity contribution >= 4 is 17.6 Å². The van der Waals surface area contributed by atoms with E-state index in [2.05, 4.69) is 15.5 Å². The van der Waals surface area contributed by atoms with E-state index in [0.717, 1.165) is 0 Å². The fourth-order valence-electron chi connectivity index (χ4n) is 2.56. The molecule has 0 spiro atoms. The zero-order valence-corrected chi connectivity index (χ0v) is 17.0. The molecule has 1 heterocycles. The summed E-state index contributed by atoms with van der Waals surface area (Å²) in [5.74, 6) is 0.964. The molecule has 1 aromatic heterocycles. The predicted molar refractivity (Wildman–Crippen MR) is 110 cm³/mol. The molecule has 0 aliphatic rings. The van der Waals surface area contributed by atoms with Crippen LogP contribution >= 0.6 is 0 Å². The lowest BCUT2D eigenvalue weighted by Crippen LogP contribution is -2.20. The standard InChI is InChI=1S/C22H23N3O5/c1-4-28-22(27)15-8-10-17(11-9-15)23-19(26)13-29-18-7-5-6-16(12-18)21-24-20(14(2)3)25-30-21/h5-12,14H,4,13H2,1-3H3,(H,23,26). The Labute approximate surface area is 174 Å². The van der Waals surface area contributed by atoms with E-state index in [0.29, 0.717) is 40.9 Å². The van der Waals surface area contributed by atoms with E-state index in [1.807, 2.05) is 19.9 Å². The quantitative estimate of drug-likeness (QED) is 0.560. The van der Waals surface area contributed by atoms with Gasteiger partial charge in [-0.15, -0.1) is 0 Å². The minimum atomic E-state index is -0.402. The van der Waals surface area contributed by atoms with Gasteiger partial charge in [-0.05, 0) is 49.4 Å². The Hall–Kier alpha value is -3.68. The zero-order chi connectivity index (χ0) is 21.5. The average Bonchev–Trinajstić information content (AvgIpc) is 3.24. The Balaban J connectivity index is 1.56. The zero-order valence-electron chi connectivity index (χ0n) is 17.0. The summed E-state index contributed by atoms with van der Waals surface area (Å²) in [5.41, 5.74) is 1.68. The van der Waals surface area contributed by atoms with Gasteiger partial charge >= 0.3 is 5.97 Å². The Bertz CT molecular complexity index is 1010. The van der Waals surface area contributed by atoms with Crippen LogP contribution in [0.3, 0.4) is 0 Å². The Morgan fingerprint density at radius 3 is 2.57 bits per heavy atom. The fourth-order valence-corrected chi connectivity index (χ4v) is 2.56. The molecule has 2 aromatic carbocycles. The number of carbonyl (C=O) groups is 2.